The van der Waals surface area contributed by atoms with Crippen LogP contribution in [0.4, 0.5) is 5.69 Å². The Morgan fingerprint density at radius 1 is 0.963 bits per heavy atom. The van der Waals surface area contributed by atoms with E-state index in [0.717, 1.165) is 17.7 Å². The Kier molecular flexibility index (Phi) is 6.66. The van der Waals surface area contributed by atoms with Crippen LogP contribution >= 0.6 is 11.6 Å². The largest absolute Gasteiger partial charge is 0.493 e. The van der Waals surface area contributed by atoms with E-state index in [1.165, 1.54) is 11.6 Å². The van der Waals surface area contributed by atoms with Gasteiger partial charge in [-0.3, -0.25) is 4.79 Å². The fourth-order valence-electron chi connectivity index (χ4n) is 2.52. The number of hydrogen-bond acceptors (Lipinski definition) is 2. The molecule has 0 aliphatic carbocycles. The van der Waals surface area contributed by atoms with Gasteiger partial charge in [-0.05, 0) is 41.5 Å². The average Bonchev–Trinajstić information content (AvgIpc) is 2.69. The summed E-state index contributed by atoms with van der Waals surface area (Å²) in [5.41, 5.74) is 2.83. The Balaban J connectivity index is 1.52. The summed E-state index contributed by atoms with van der Waals surface area (Å²) in [4.78, 5) is 12.1. The maximum atomic E-state index is 12.1. The van der Waals surface area contributed by atoms with E-state index in [2.05, 4.69) is 17.4 Å². The average molecular weight is 378 g/mol. The van der Waals surface area contributed by atoms with Crippen molar-refractivity contribution < 1.29 is 9.53 Å². The van der Waals surface area contributed by atoms with E-state index < -0.39 is 0 Å². The van der Waals surface area contributed by atoms with Crippen molar-refractivity contribution in [2.45, 2.75) is 6.42 Å². The summed E-state index contributed by atoms with van der Waals surface area (Å²) in [5.74, 6) is 0.525. The zero-order chi connectivity index (χ0) is 18.9. The molecule has 0 saturated heterocycles. The van der Waals surface area contributed by atoms with Crippen LogP contribution in [-0.4, -0.2) is 12.5 Å². The van der Waals surface area contributed by atoms with Crippen LogP contribution in [0.1, 0.15) is 11.1 Å². The summed E-state index contributed by atoms with van der Waals surface area (Å²) in [7, 11) is 0. The summed E-state index contributed by atoms with van der Waals surface area (Å²) in [6.45, 7) is 0.581. The maximum absolute atomic E-state index is 12.1. The monoisotopic (exact) mass is 377 g/mol. The summed E-state index contributed by atoms with van der Waals surface area (Å²) >= 11 is 5.85. The van der Waals surface area contributed by atoms with Crippen molar-refractivity contribution >= 4 is 29.3 Å². The molecular formula is C23H20ClNO2. The van der Waals surface area contributed by atoms with Gasteiger partial charge in [0.15, 0.2) is 0 Å². The van der Waals surface area contributed by atoms with Gasteiger partial charge in [0.05, 0.1) is 6.61 Å². The molecule has 3 nitrogen and oxygen atoms in total. The molecule has 4 heteroatoms. The van der Waals surface area contributed by atoms with E-state index in [1.54, 1.807) is 18.2 Å². The topological polar surface area (TPSA) is 38.3 Å². The minimum Gasteiger partial charge on any atom is -0.493 e. The lowest BCUT2D eigenvalue weighted by Gasteiger charge is -2.08. The summed E-state index contributed by atoms with van der Waals surface area (Å²) < 4.78 is 5.79. The number of rotatable bonds is 7. The van der Waals surface area contributed by atoms with Crippen LogP contribution < -0.4 is 10.1 Å². The van der Waals surface area contributed by atoms with Crippen LogP contribution in [0.5, 0.6) is 5.75 Å². The SMILES string of the molecule is O=C(/C=C/c1ccc(Cl)cc1)Nc1cccc(OCCc2ccccc2)c1. The molecule has 1 N–H and O–H groups in total. The van der Waals surface area contributed by atoms with E-state index >= 15 is 0 Å². The van der Waals surface area contributed by atoms with Gasteiger partial charge in [0.1, 0.15) is 5.75 Å². The summed E-state index contributed by atoms with van der Waals surface area (Å²) in [6, 6.07) is 24.9. The molecule has 3 rings (SSSR count). The van der Waals surface area contributed by atoms with Crippen LogP contribution in [0, 0.1) is 0 Å². The van der Waals surface area contributed by atoms with Crippen LogP contribution in [0.25, 0.3) is 6.08 Å². The lowest BCUT2D eigenvalue weighted by Crippen LogP contribution is -2.08. The van der Waals surface area contributed by atoms with Crippen molar-refractivity contribution in [2.75, 3.05) is 11.9 Å². The summed E-state index contributed by atoms with van der Waals surface area (Å²) in [6.07, 6.45) is 4.07. The molecule has 0 spiro atoms. The molecule has 27 heavy (non-hydrogen) atoms. The molecule has 0 aliphatic rings. The molecule has 0 heterocycles. The molecule has 3 aromatic carbocycles. The number of amides is 1. The van der Waals surface area contributed by atoms with Gasteiger partial charge in [-0.1, -0.05) is 60.1 Å². The third-order valence-corrected chi connectivity index (χ3v) is 4.15. The Bertz CT molecular complexity index is 905. The number of carbonyl (C=O) groups excluding carboxylic acids is 1. The fraction of sp³-hybridized carbons (Fsp3) is 0.0870. The first-order valence-corrected chi connectivity index (χ1v) is 9.08. The molecule has 1 amide bonds. The van der Waals surface area contributed by atoms with Gasteiger partial charge in [-0.25, -0.2) is 0 Å². The fourth-order valence-corrected chi connectivity index (χ4v) is 2.65. The van der Waals surface area contributed by atoms with Gasteiger partial charge >= 0.3 is 0 Å². The molecule has 0 aromatic heterocycles. The Hall–Kier alpha value is -3.04. The molecule has 0 aliphatic heterocycles. The predicted molar refractivity (Wildman–Crippen MR) is 111 cm³/mol. The van der Waals surface area contributed by atoms with Crippen molar-refractivity contribution in [3.05, 3.63) is 101 Å². The molecular weight excluding hydrogens is 358 g/mol. The first kappa shape index (κ1) is 18.7. The molecule has 136 valence electrons. The van der Waals surface area contributed by atoms with Gasteiger partial charge in [0.2, 0.25) is 5.91 Å². The van der Waals surface area contributed by atoms with E-state index in [9.17, 15) is 4.79 Å². The quantitative estimate of drug-likeness (QED) is 0.543. The molecule has 0 saturated carbocycles. The number of nitrogens with one attached hydrogen (secondary N) is 1. The van der Waals surface area contributed by atoms with E-state index in [1.807, 2.05) is 54.6 Å². The molecule has 0 unspecified atom stereocenters. The third kappa shape index (κ3) is 6.32. The first-order valence-electron chi connectivity index (χ1n) is 8.70. The van der Waals surface area contributed by atoms with Crippen LogP contribution in [-0.2, 0) is 11.2 Å². The van der Waals surface area contributed by atoms with Gasteiger partial charge in [-0.2, -0.15) is 0 Å². The van der Waals surface area contributed by atoms with Gasteiger partial charge in [0, 0.05) is 29.3 Å². The molecule has 0 atom stereocenters. The number of ether oxygens (including phenoxy) is 1. The number of carbonyl (C=O) groups is 1. The number of halogens is 1. The second kappa shape index (κ2) is 9.60. The zero-order valence-corrected chi connectivity index (χ0v) is 15.5. The lowest BCUT2D eigenvalue weighted by molar-refractivity contribution is -0.111. The number of benzene rings is 3. The van der Waals surface area contributed by atoms with Crippen LogP contribution in [0.3, 0.4) is 0 Å². The van der Waals surface area contributed by atoms with Crippen molar-refractivity contribution in [3.8, 4) is 5.75 Å². The van der Waals surface area contributed by atoms with Crippen molar-refractivity contribution in [1.29, 1.82) is 0 Å². The summed E-state index contributed by atoms with van der Waals surface area (Å²) in [5, 5.41) is 3.51. The van der Waals surface area contributed by atoms with Gasteiger partial charge in [0.25, 0.3) is 0 Å². The minimum atomic E-state index is -0.202. The maximum Gasteiger partial charge on any atom is 0.248 e. The minimum absolute atomic E-state index is 0.202. The highest BCUT2D eigenvalue weighted by atomic mass is 35.5. The molecule has 0 radical (unpaired) electrons. The van der Waals surface area contributed by atoms with Crippen molar-refractivity contribution in [3.63, 3.8) is 0 Å². The molecule has 0 bridgehead atoms. The Morgan fingerprint density at radius 3 is 2.52 bits per heavy atom. The van der Waals surface area contributed by atoms with Crippen LogP contribution in [0.2, 0.25) is 5.02 Å². The van der Waals surface area contributed by atoms with E-state index in [4.69, 9.17) is 16.3 Å². The van der Waals surface area contributed by atoms with E-state index in [-0.39, 0.29) is 5.91 Å². The highest BCUT2D eigenvalue weighted by molar-refractivity contribution is 6.30. The third-order valence-electron chi connectivity index (χ3n) is 3.90. The second-order valence-electron chi connectivity index (χ2n) is 5.99. The number of anilines is 1. The van der Waals surface area contributed by atoms with E-state index in [0.29, 0.717) is 17.3 Å². The normalized spacial score (nSPS) is 10.7. The predicted octanol–water partition coefficient (Wildman–Crippen LogP) is 5.61. The molecule has 3 aromatic rings. The van der Waals surface area contributed by atoms with Gasteiger partial charge < -0.3 is 10.1 Å². The standard InChI is InChI=1S/C23H20ClNO2/c24-20-12-9-19(10-13-20)11-14-23(26)25-21-7-4-8-22(17-21)27-16-15-18-5-2-1-3-6-18/h1-14,17H,15-16H2,(H,25,26)/b14-11+. The Labute approximate surface area is 164 Å². The highest BCUT2D eigenvalue weighted by Gasteiger charge is 2.01. The van der Waals surface area contributed by atoms with Gasteiger partial charge in [-0.15, -0.1) is 0 Å². The lowest BCUT2D eigenvalue weighted by atomic mass is 10.2. The van der Waals surface area contributed by atoms with Crippen LogP contribution in [0.15, 0.2) is 84.9 Å². The highest BCUT2D eigenvalue weighted by Crippen LogP contribution is 2.18. The second-order valence-corrected chi connectivity index (χ2v) is 6.42. The number of hydrogen-bond donors (Lipinski definition) is 1. The first-order chi connectivity index (χ1) is 13.2. The zero-order valence-electron chi connectivity index (χ0n) is 14.8. The molecule has 0 fully saturated rings. The van der Waals surface area contributed by atoms with Crippen molar-refractivity contribution in [2.24, 2.45) is 0 Å². The Morgan fingerprint density at radius 2 is 1.74 bits per heavy atom. The smallest absolute Gasteiger partial charge is 0.248 e. The van der Waals surface area contributed by atoms with Crippen molar-refractivity contribution in [1.82, 2.24) is 0 Å².